The third-order valence-corrected chi connectivity index (χ3v) is 4.42. The summed E-state index contributed by atoms with van der Waals surface area (Å²) >= 11 is 0. The molecule has 0 fully saturated rings. The van der Waals surface area contributed by atoms with Crippen LogP contribution in [0.25, 0.3) is 0 Å². The van der Waals surface area contributed by atoms with Gasteiger partial charge in [0.25, 0.3) is 5.56 Å². The Balaban J connectivity index is 1.85. The molecule has 0 saturated heterocycles. The first-order valence-corrected chi connectivity index (χ1v) is 10.5. The number of aromatic nitrogens is 2. The fourth-order valence-electron chi connectivity index (χ4n) is 3.00. The van der Waals surface area contributed by atoms with Gasteiger partial charge in [0.1, 0.15) is 17.8 Å². The van der Waals surface area contributed by atoms with Crippen molar-refractivity contribution in [2.24, 2.45) is 0 Å². The summed E-state index contributed by atoms with van der Waals surface area (Å²) in [5.74, 6) is 5.64. The molecule has 0 amide bonds. The van der Waals surface area contributed by atoms with Crippen molar-refractivity contribution < 1.29 is 9.53 Å². The lowest BCUT2D eigenvalue weighted by atomic mass is 10.1. The Bertz CT molecular complexity index is 1170. The number of benzene rings is 2. The minimum Gasteiger partial charge on any atom is -0.459 e. The molecule has 0 radical (unpaired) electrons. The minimum atomic E-state index is -0.652. The van der Waals surface area contributed by atoms with Crippen molar-refractivity contribution in [1.29, 1.82) is 0 Å². The third-order valence-electron chi connectivity index (χ3n) is 4.42. The van der Waals surface area contributed by atoms with E-state index in [0.717, 1.165) is 17.5 Å². The molecule has 1 N–H and O–H groups in total. The first kappa shape index (κ1) is 22.8. The largest absolute Gasteiger partial charge is 0.459 e. The van der Waals surface area contributed by atoms with E-state index in [4.69, 9.17) is 4.74 Å². The summed E-state index contributed by atoms with van der Waals surface area (Å²) in [7, 11) is 0. The van der Waals surface area contributed by atoms with Crippen LogP contribution in [0, 0.1) is 11.8 Å². The van der Waals surface area contributed by atoms with E-state index in [-0.39, 0.29) is 12.4 Å². The Morgan fingerprint density at radius 2 is 1.69 bits per heavy atom. The van der Waals surface area contributed by atoms with Crippen LogP contribution in [0.4, 0.5) is 5.82 Å². The zero-order valence-corrected chi connectivity index (χ0v) is 18.6. The molecule has 3 aromatic rings. The standard InChI is InChI=1S/C26H27N3O3/c1-26(2,3)32-23(30)19-29-22(15-14-20-10-6-4-7-11-20)18-28-24(25(29)31)27-17-16-21-12-8-5-9-13-21/h4-13,18H,16-17,19H2,1-3H3,(H,27,28). The second-order valence-corrected chi connectivity index (χ2v) is 8.25. The minimum absolute atomic E-state index is 0.176. The summed E-state index contributed by atoms with van der Waals surface area (Å²) in [6.07, 6.45) is 2.25. The van der Waals surface area contributed by atoms with Gasteiger partial charge in [-0.15, -0.1) is 0 Å². The summed E-state index contributed by atoms with van der Waals surface area (Å²) in [4.78, 5) is 29.8. The van der Waals surface area contributed by atoms with E-state index in [0.29, 0.717) is 12.2 Å². The first-order chi connectivity index (χ1) is 15.3. The topological polar surface area (TPSA) is 73.2 Å². The van der Waals surface area contributed by atoms with Crippen LogP contribution in [0.2, 0.25) is 0 Å². The lowest BCUT2D eigenvalue weighted by molar-refractivity contribution is -0.155. The zero-order valence-electron chi connectivity index (χ0n) is 18.6. The van der Waals surface area contributed by atoms with Gasteiger partial charge in [-0.2, -0.15) is 0 Å². The number of nitrogens with one attached hydrogen (secondary N) is 1. The van der Waals surface area contributed by atoms with Gasteiger partial charge in [-0.05, 0) is 50.8 Å². The molecule has 32 heavy (non-hydrogen) atoms. The average Bonchev–Trinajstić information content (AvgIpc) is 2.76. The molecule has 0 saturated carbocycles. The average molecular weight is 430 g/mol. The van der Waals surface area contributed by atoms with Crippen LogP contribution >= 0.6 is 0 Å². The molecule has 0 atom stereocenters. The van der Waals surface area contributed by atoms with Crippen molar-refractivity contribution in [2.45, 2.75) is 39.3 Å². The summed E-state index contributed by atoms with van der Waals surface area (Å²) < 4.78 is 6.71. The fraction of sp³-hybridized carbons (Fsp3) is 0.269. The van der Waals surface area contributed by atoms with Crippen LogP contribution in [0.15, 0.2) is 71.7 Å². The summed E-state index contributed by atoms with van der Waals surface area (Å²) in [5.41, 5.74) is 1.23. The molecule has 2 aromatic carbocycles. The Kier molecular flexibility index (Phi) is 7.45. The summed E-state index contributed by atoms with van der Waals surface area (Å²) in [5, 5.41) is 3.08. The molecule has 0 aliphatic heterocycles. The van der Waals surface area contributed by atoms with Gasteiger partial charge in [-0.1, -0.05) is 54.5 Å². The van der Waals surface area contributed by atoms with E-state index in [1.165, 1.54) is 10.8 Å². The maximum Gasteiger partial charge on any atom is 0.326 e. The quantitative estimate of drug-likeness (QED) is 0.478. The number of anilines is 1. The Labute approximate surface area is 188 Å². The number of rotatable bonds is 6. The smallest absolute Gasteiger partial charge is 0.326 e. The number of esters is 1. The molecule has 0 aliphatic carbocycles. The van der Waals surface area contributed by atoms with E-state index in [1.54, 1.807) is 20.8 Å². The Morgan fingerprint density at radius 1 is 1.03 bits per heavy atom. The monoisotopic (exact) mass is 429 g/mol. The highest BCUT2D eigenvalue weighted by molar-refractivity contribution is 5.70. The highest BCUT2D eigenvalue weighted by Gasteiger charge is 2.19. The van der Waals surface area contributed by atoms with Gasteiger partial charge in [0.2, 0.25) is 0 Å². The summed E-state index contributed by atoms with van der Waals surface area (Å²) in [6.45, 7) is 5.64. The number of hydrogen-bond donors (Lipinski definition) is 1. The molecular formula is C26H27N3O3. The van der Waals surface area contributed by atoms with Crippen molar-refractivity contribution in [1.82, 2.24) is 9.55 Å². The maximum atomic E-state index is 13.1. The van der Waals surface area contributed by atoms with Gasteiger partial charge in [0.15, 0.2) is 5.82 Å². The Morgan fingerprint density at radius 3 is 2.34 bits per heavy atom. The maximum absolute atomic E-state index is 13.1. The van der Waals surface area contributed by atoms with Crippen molar-refractivity contribution in [3.8, 4) is 11.8 Å². The van der Waals surface area contributed by atoms with E-state index in [2.05, 4.69) is 22.1 Å². The highest BCUT2D eigenvalue weighted by atomic mass is 16.6. The Hall–Kier alpha value is -3.85. The molecule has 3 rings (SSSR count). The SMILES string of the molecule is CC(C)(C)OC(=O)Cn1c(C#Cc2ccccc2)cnc(NCCc2ccccc2)c1=O. The molecule has 6 heteroatoms. The van der Waals surface area contributed by atoms with Crippen molar-refractivity contribution in [2.75, 3.05) is 11.9 Å². The fourth-order valence-corrected chi connectivity index (χ4v) is 3.00. The molecular weight excluding hydrogens is 402 g/mol. The molecule has 0 unspecified atom stereocenters. The molecule has 6 nitrogen and oxygen atoms in total. The molecule has 0 spiro atoms. The van der Waals surface area contributed by atoms with Gasteiger partial charge >= 0.3 is 5.97 Å². The lowest BCUT2D eigenvalue weighted by Gasteiger charge is -2.20. The number of ether oxygens (including phenoxy) is 1. The first-order valence-electron chi connectivity index (χ1n) is 10.5. The van der Waals surface area contributed by atoms with Gasteiger partial charge in [0, 0.05) is 12.1 Å². The van der Waals surface area contributed by atoms with Crippen LogP contribution in [-0.4, -0.2) is 27.7 Å². The highest BCUT2D eigenvalue weighted by Crippen LogP contribution is 2.09. The number of carbonyl (C=O) groups excluding carboxylic acids is 1. The van der Waals surface area contributed by atoms with Crippen molar-refractivity contribution in [3.05, 3.63) is 94.0 Å². The third kappa shape index (κ3) is 6.85. The lowest BCUT2D eigenvalue weighted by Crippen LogP contribution is -2.33. The molecule has 1 heterocycles. The van der Waals surface area contributed by atoms with Crippen LogP contribution < -0.4 is 10.9 Å². The predicted molar refractivity (Wildman–Crippen MR) is 125 cm³/mol. The van der Waals surface area contributed by atoms with Crippen LogP contribution in [0.5, 0.6) is 0 Å². The van der Waals surface area contributed by atoms with E-state index in [9.17, 15) is 9.59 Å². The second kappa shape index (κ2) is 10.5. The second-order valence-electron chi connectivity index (χ2n) is 8.25. The number of hydrogen-bond acceptors (Lipinski definition) is 5. The van der Waals surface area contributed by atoms with E-state index < -0.39 is 17.1 Å². The molecule has 1 aromatic heterocycles. The van der Waals surface area contributed by atoms with Crippen LogP contribution in [0.3, 0.4) is 0 Å². The summed E-state index contributed by atoms with van der Waals surface area (Å²) in [6, 6.07) is 19.4. The number of carbonyl (C=O) groups is 1. The van der Waals surface area contributed by atoms with Gasteiger partial charge in [-0.3, -0.25) is 14.2 Å². The predicted octanol–water partition coefficient (Wildman–Crippen LogP) is 3.64. The van der Waals surface area contributed by atoms with Gasteiger partial charge in [0.05, 0.1) is 6.20 Å². The van der Waals surface area contributed by atoms with Crippen molar-refractivity contribution >= 4 is 11.8 Å². The van der Waals surface area contributed by atoms with Crippen molar-refractivity contribution in [3.63, 3.8) is 0 Å². The van der Waals surface area contributed by atoms with Crippen LogP contribution in [-0.2, 0) is 22.5 Å². The molecule has 164 valence electrons. The van der Waals surface area contributed by atoms with Gasteiger partial charge in [-0.25, -0.2) is 4.98 Å². The molecule has 0 bridgehead atoms. The van der Waals surface area contributed by atoms with E-state index in [1.807, 2.05) is 60.7 Å². The number of nitrogens with zero attached hydrogens (tertiary/aromatic N) is 2. The zero-order chi connectivity index (χ0) is 23.0. The normalized spacial score (nSPS) is 10.7. The molecule has 0 aliphatic rings. The van der Waals surface area contributed by atoms with Gasteiger partial charge < -0.3 is 10.1 Å². The van der Waals surface area contributed by atoms with Crippen LogP contribution in [0.1, 0.15) is 37.6 Å². The van der Waals surface area contributed by atoms with E-state index >= 15 is 0 Å².